The lowest BCUT2D eigenvalue weighted by Crippen LogP contribution is -2.37. The van der Waals surface area contributed by atoms with Crippen molar-refractivity contribution in [2.24, 2.45) is 20.5 Å². The van der Waals surface area contributed by atoms with E-state index in [0.717, 1.165) is 99.6 Å². The first-order valence-electron chi connectivity index (χ1n) is 17.0. The van der Waals surface area contributed by atoms with E-state index >= 15 is 0 Å². The first-order chi connectivity index (χ1) is 22.3. The molecule has 1 fully saturated rings. The molecule has 0 amide bonds. The van der Waals surface area contributed by atoms with Gasteiger partial charge in [-0.25, -0.2) is 18.3 Å². The number of imidazole rings is 2. The number of rotatable bonds is 10. The minimum atomic E-state index is 0.870. The second-order valence-corrected chi connectivity index (χ2v) is 12.3. The van der Waals surface area contributed by atoms with E-state index in [9.17, 15) is 0 Å². The highest BCUT2D eigenvalue weighted by atomic mass is 15.3. The molecule has 3 heterocycles. The molecule has 0 unspecified atom stereocenters. The normalized spacial score (nSPS) is 14.5. The minimum Gasteiger partial charge on any atom is -0.371 e. The molecule has 2 aromatic heterocycles. The summed E-state index contributed by atoms with van der Waals surface area (Å²) >= 11 is 0. The smallest absolute Gasteiger partial charge is 0.371 e. The highest BCUT2D eigenvalue weighted by Crippen LogP contribution is 2.33. The van der Waals surface area contributed by atoms with Crippen LogP contribution in [0.25, 0.3) is 0 Å². The molecule has 10 heteroatoms. The van der Waals surface area contributed by atoms with Crippen molar-refractivity contribution < 1.29 is 9.13 Å². The standard InChI is InChI=1S/C36H52N10/c1-9-41-19-20-42(10-2)35(41)39-37-31-23-29(7)33(25-27(31)5)45-15-13-17-46(18-14-16-45)34-26-28(6)32(24-30(34)8)38-40-36-43(11-3)21-22-44(36)12-4/h19-26H,9-18H2,1-8H3/q+2. The fourth-order valence-corrected chi connectivity index (χ4v) is 6.41. The van der Waals surface area contributed by atoms with E-state index in [1.165, 1.54) is 22.5 Å². The number of benzene rings is 2. The molecular formula is C36H52N10+2. The average molecular weight is 625 g/mol. The SMILES string of the molecule is CCn1cc[n+](CC)c1/N=N/c1cc(C)c(N2CCCN(c3cc(C)c(/N=N/c4n(CC)cc[n+]4CC)cc3C)CCC2)cc1C. The molecule has 0 saturated carbocycles. The minimum absolute atomic E-state index is 0.870. The van der Waals surface area contributed by atoms with E-state index in [4.69, 9.17) is 10.2 Å². The molecule has 0 spiro atoms. The van der Waals surface area contributed by atoms with Gasteiger partial charge in [-0.2, -0.15) is 0 Å². The van der Waals surface area contributed by atoms with Gasteiger partial charge in [0.05, 0.1) is 51.0 Å². The van der Waals surface area contributed by atoms with Crippen LogP contribution in [0, 0.1) is 27.7 Å². The Balaban J connectivity index is 1.26. The first-order valence-corrected chi connectivity index (χ1v) is 17.0. The van der Waals surface area contributed by atoms with E-state index in [1.807, 2.05) is 0 Å². The zero-order chi connectivity index (χ0) is 32.8. The number of nitrogens with zero attached hydrogens (tertiary/aromatic N) is 10. The summed E-state index contributed by atoms with van der Waals surface area (Å²) < 4.78 is 8.51. The van der Waals surface area contributed by atoms with Crippen LogP contribution in [0.4, 0.5) is 34.6 Å². The van der Waals surface area contributed by atoms with Gasteiger partial charge in [-0.15, -0.1) is 0 Å². The molecule has 46 heavy (non-hydrogen) atoms. The Morgan fingerprint density at radius 2 is 0.935 bits per heavy atom. The summed E-state index contributed by atoms with van der Waals surface area (Å²) in [5.41, 5.74) is 9.29. The highest BCUT2D eigenvalue weighted by molar-refractivity contribution is 5.64. The van der Waals surface area contributed by atoms with Gasteiger partial charge < -0.3 is 9.80 Å². The molecule has 1 aliphatic heterocycles. The largest absolute Gasteiger partial charge is 0.421 e. The summed E-state index contributed by atoms with van der Waals surface area (Å²) in [6.07, 6.45) is 10.5. The molecule has 0 atom stereocenters. The molecule has 4 aromatic rings. The lowest BCUT2D eigenvalue weighted by atomic mass is 10.0. The third-order valence-corrected chi connectivity index (χ3v) is 9.16. The van der Waals surface area contributed by atoms with Crippen LogP contribution in [0.15, 0.2) is 69.5 Å². The molecule has 10 nitrogen and oxygen atoms in total. The van der Waals surface area contributed by atoms with E-state index in [1.54, 1.807) is 0 Å². The van der Waals surface area contributed by atoms with Gasteiger partial charge in [0.1, 0.15) is 11.4 Å². The lowest BCUT2D eigenvalue weighted by molar-refractivity contribution is -0.680. The Hall–Kier alpha value is -4.34. The number of aromatic nitrogens is 4. The average Bonchev–Trinajstić information content (AvgIpc) is 3.64. The van der Waals surface area contributed by atoms with Crippen LogP contribution in [0.3, 0.4) is 0 Å². The van der Waals surface area contributed by atoms with Gasteiger partial charge in [0.15, 0.2) is 0 Å². The van der Waals surface area contributed by atoms with E-state index < -0.39 is 0 Å². The van der Waals surface area contributed by atoms with E-state index in [-0.39, 0.29) is 0 Å². The monoisotopic (exact) mass is 624 g/mol. The molecule has 5 rings (SSSR count). The molecule has 244 valence electrons. The number of hydrogen-bond acceptors (Lipinski definition) is 6. The second kappa shape index (κ2) is 14.8. The number of anilines is 2. The van der Waals surface area contributed by atoms with Crippen molar-refractivity contribution in [1.29, 1.82) is 0 Å². The highest BCUT2D eigenvalue weighted by Gasteiger charge is 2.20. The summed E-state index contributed by atoms with van der Waals surface area (Å²) in [6.45, 7) is 24.8. The predicted molar refractivity (Wildman–Crippen MR) is 186 cm³/mol. The van der Waals surface area contributed by atoms with Gasteiger partial charge in [0.2, 0.25) is 0 Å². The zero-order valence-corrected chi connectivity index (χ0v) is 29.2. The second-order valence-electron chi connectivity index (χ2n) is 12.3. The van der Waals surface area contributed by atoms with Crippen LogP contribution < -0.4 is 18.9 Å². The van der Waals surface area contributed by atoms with Crippen molar-refractivity contribution in [1.82, 2.24) is 9.13 Å². The quantitative estimate of drug-likeness (QED) is 0.132. The van der Waals surface area contributed by atoms with Crippen molar-refractivity contribution in [3.05, 3.63) is 71.3 Å². The van der Waals surface area contributed by atoms with Crippen LogP contribution >= 0.6 is 0 Å². The Morgan fingerprint density at radius 1 is 0.543 bits per heavy atom. The number of aryl methyl sites for hydroxylation is 8. The molecule has 0 radical (unpaired) electrons. The Kier molecular flexibility index (Phi) is 10.7. The van der Waals surface area contributed by atoms with Crippen LogP contribution in [0.1, 0.15) is 62.8 Å². The van der Waals surface area contributed by atoms with Crippen LogP contribution in [-0.2, 0) is 26.2 Å². The molecule has 0 N–H and O–H groups in total. The molecule has 2 aromatic carbocycles. The van der Waals surface area contributed by atoms with Gasteiger partial charge in [-0.3, -0.25) is 0 Å². The Labute approximate surface area is 274 Å². The summed E-state index contributed by atoms with van der Waals surface area (Å²) in [6, 6.07) is 8.99. The van der Waals surface area contributed by atoms with Crippen LogP contribution in [0.5, 0.6) is 0 Å². The summed E-state index contributed by atoms with van der Waals surface area (Å²) in [5.74, 6) is 1.77. The maximum Gasteiger partial charge on any atom is 0.421 e. The summed E-state index contributed by atoms with van der Waals surface area (Å²) in [5, 5.41) is 18.7. The molecule has 0 bridgehead atoms. The van der Waals surface area contributed by atoms with E-state index in [0.29, 0.717) is 0 Å². The zero-order valence-electron chi connectivity index (χ0n) is 29.2. The maximum absolute atomic E-state index is 4.69. The summed E-state index contributed by atoms with van der Waals surface area (Å²) in [7, 11) is 0. The lowest BCUT2D eigenvalue weighted by Gasteiger charge is -2.34. The van der Waals surface area contributed by atoms with Crippen molar-refractivity contribution in [2.75, 3.05) is 36.0 Å². The third-order valence-electron chi connectivity index (χ3n) is 9.16. The predicted octanol–water partition coefficient (Wildman–Crippen LogP) is 8.12. The molecular weight excluding hydrogens is 572 g/mol. The van der Waals surface area contributed by atoms with Crippen LogP contribution in [-0.4, -0.2) is 35.3 Å². The topological polar surface area (TPSA) is 73.5 Å². The van der Waals surface area contributed by atoms with Crippen molar-refractivity contribution in [3.63, 3.8) is 0 Å². The molecule has 0 aliphatic carbocycles. The van der Waals surface area contributed by atoms with Crippen molar-refractivity contribution >= 4 is 34.6 Å². The van der Waals surface area contributed by atoms with Crippen LogP contribution in [0.2, 0.25) is 0 Å². The van der Waals surface area contributed by atoms with Crippen molar-refractivity contribution in [3.8, 4) is 0 Å². The van der Waals surface area contributed by atoms with Gasteiger partial charge in [0, 0.05) is 47.8 Å². The maximum atomic E-state index is 4.69. The van der Waals surface area contributed by atoms with Gasteiger partial charge >= 0.3 is 11.9 Å². The molecule has 1 saturated heterocycles. The Bertz CT molecular complexity index is 1530. The van der Waals surface area contributed by atoms with E-state index in [2.05, 4.69) is 143 Å². The van der Waals surface area contributed by atoms with Gasteiger partial charge in [0.25, 0.3) is 0 Å². The summed E-state index contributed by atoms with van der Waals surface area (Å²) in [4.78, 5) is 5.12. The third kappa shape index (κ3) is 7.06. The van der Waals surface area contributed by atoms with Gasteiger partial charge in [-0.05, 0) is 115 Å². The Morgan fingerprint density at radius 3 is 1.28 bits per heavy atom. The molecule has 1 aliphatic rings. The fourth-order valence-electron chi connectivity index (χ4n) is 6.41. The van der Waals surface area contributed by atoms with Crippen molar-refractivity contribution in [2.45, 2.75) is 94.4 Å². The van der Waals surface area contributed by atoms with Gasteiger partial charge in [-0.1, -0.05) is 10.2 Å². The number of hydrogen-bond donors (Lipinski definition) is 0. The number of azo groups is 2. The first kappa shape index (κ1) is 33.0. The fraction of sp³-hybridized carbons (Fsp3) is 0.500.